The van der Waals surface area contributed by atoms with E-state index >= 15 is 0 Å². The number of anilines is 1. The van der Waals surface area contributed by atoms with Crippen LogP contribution in [0.15, 0.2) is 108 Å². The molecule has 0 radical (unpaired) electrons. The number of aliphatic imine (C=N–C) groups is 1. The number of fused-ring (bicyclic) bond motifs is 6. The number of nitrogens with zero attached hydrogens (tertiary/aromatic N) is 3. The Kier molecular flexibility index (Phi) is 7.56. The first-order valence-corrected chi connectivity index (χ1v) is 17.5. The molecule has 0 spiro atoms. The van der Waals surface area contributed by atoms with Gasteiger partial charge in [0.1, 0.15) is 22.9 Å². The summed E-state index contributed by atoms with van der Waals surface area (Å²) in [6, 6.07) is 36.3. The highest BCUT2D eigenvalue weighted by Gasteiger charge is 2.43. The van der Waals surface area contributed by atoms with E-state index in [0.29, 0.717) is 17.1 Å². The maximum absolute atomic E-state index is 11.0. The second kappa shape index (κ2) is 11.9. The van der Waals surface area contributed by atoms with Crippen LogP contribution in [0, 0.1) is 27.7 Å². The van der Waals surface area contributed by atoms with Gasteiger partial charge in [-0.3, -0.25) is 4.99 Å². The molecule has 2 heterocycles. The number of phenolic OH excluding ortho intramolecular Hbond substituents is 1. The number of hydrogen-bond donors (Lipinski definition) is 1. The van der Waals surface area contributed by atoms with Crippen molar-refractivity contribution < 1.29 is 9.84 Å². The minimum Gasteiger partial charge on any atom is -0.506 e. The molecule has 1 aliphatic heterocycles. The second-order valence-corrected chi connectivity index (χ2v) is 15.1. The molecular weight excluding hydrogens is 615 g/mol. The SMILES string of the molecule is Cc1cc(Oc2ccc3cc(C(C)(C)C)cc(O)c3n2)cc(C2=N[C@H]3Cc4ccccc4-c4ccccc4[C@H]3N2c2c(C)cc(C)cc2C)c1. The van der Waals surface area contributed by atoms with E-state index in [0.717, 1.165) is 34.3 Å². The summed E-state index contributed by atoms with van der Waals surface area (Å²) in [5.41, 5.74) is 13.6. The number of aryl methyl sites for hydroxylation is 4. The molecule has 0 unspecified atom stereocenters. The Morgan fingerprint density at radius 1 is 0.760 bits per heavy atom. The van der Waals surface area contributed by atoms with Crippen molar-refractivity contribution in [2.24, 2.45) is 4.99 Å². The lowest BCUT2D eigenvalue weighted by Gasteiger charge is -2.34. The first-order valence-electron chi connectivity index (χ1n) is 17.5. The van der Waals surface area contributed by atoms with Crippen molar-refractivity contribution in [1.29, 1.82) is 0 Å². The summed E-state index contributed by atoms with van der Waals surface area (Å²) >= 11 is 0. The van der Waals surface area contributed by atoms with Gasteiger partial charge in [-0.2, -0.15) is 0 Å². The van der Waals surface area contributed by atoms with E-state index in [9.17, 15) is 5.11 Å². The molecule has 1 aliphatic carbocycles. The maximum atomic E-state index is 11.0. The van der Waals surface area contributed by atoms with Crippen LogP contribution in [0.3, 0.4) is 0 Å². The highest BCUT2D eigenvalue weighted by atomic mass is 16.5. The third kappa shape index (κ3) is 5.51. The molecule has 2 atom stereocenters. The molecule has 0 amide bonds. The fourth-order valence-corrected chi connectivity index (χ4v) is 8.04. The van der Waals surface area contributed by atoms with Crippen LogP contribution in [0.2, 0.25) is 0 Å². The van der Waals surface area contributed by atoms with E-state index in [1.807, 2.05) is 24.3 Å². The topological polar surface area (TPSA) is 58.0 Å². The third-order valence-electron chi connectivity index (χ3n) is 10.2. The van der Waals surface area contributed by atoms with Crippen molar-refractivity contribution in [2.75, 3.05) is 4.90 Å². The van der Waals surface area contributed by atoms with E-state index in [4.69, 9.17) is 14.7 Å². The zero-order valence-electron chi connectivity index (χ0n) is 29.9. The van der Waals surface area contributed by atoms with Crippen LogP contribution < -0.4 is 9.64 Å². The Morgan fingerprint density at radius 2 is 1.46 bits per heavy atom. The molecular formula is C45H43N3O2. The van der Waals surface area contributed by atoms with Crippen molar-refractivity contribution in [3.05, 3.63) is 148 Å². The van der Waals surface area contributed by atoms with E-state index in [2.05, 4.69) is 132 Å². The number of aromatic hydroxyl groups is 1. The predicted octanol–water partition coefficient (Wildman–Crippen LogP) is 10.9. The van der Waals surface area contributed by atoms with Crippen LogP contribution in [0.1, 0.15) is 71.3 Å². The molecule has 5 aromatic carbocycles. The number of phenols is 1. The molecule has 250 valence electrons. The highest BCUT2D eigenvalue weighted by Crippen LogP contribution is 2.48. The van der Waals surface area contributed by atoms with Gasteiger partial charge in [0.25, 0.3) is 0 Å². The van der Waals surface area contributed by atoms with E-state index in [1.54, 1.807) is 0 Å². The molecule has 0 saturated heterocycles. The number of pyridine rings is 1. The summed E-state index contributed by atoms with van der Waals surface area (Å²) < 4.78 is 6.47. The summed E-state index contributed by atoms with van der Waals surface area (Å²) in [4.78, 5) is 12.9. The van der Waals surface area contributed by atoms with Gasteiger partial charge in [-0.05, 0) is 120 Å². The maximum Gasteiger partial charge on any atom is 0.219 e. The Hall–Kier alpha value is -5.42. The third-order valence-corrected chi connectivity index (χ3v) is 10.2. The molecule has 6 aromatic rings. The molecule has 1 aromatic heterocycles. The molecule has 0 bridgehead atoms. The van der Waals surface area contributed by atoms with Crippen LogP contribution in [-0.2, 0) is 11.8 Å². The Labute approximate surface area is 294 Å². The average Bonchev–Trinajstić information content (AvgIpc) is 3.35. The molecule has 5 heteroatoms. The lowest BCUT2D eigenvalue weighted by Crippen LogP contribution is -2.35. The lowest BCUT2D eigenvalue weighted by molar-refractivity contribution is 0.458. The summed E-state index contributed by atoms with van der Waals surface area (Å²) in [5, 5.41) is 11.8. The number of benzene rings is 5. The van der Waals surface area contributed by atoms with Crippen molar-refractivity contribution >= 4 is 22.4 Å². The van der Waals surface area contributed by atoms with Gasteiger partial charge in [-0.25, -0.2) is 4.98 Å². The number of hydrogen-bond acceptors (Lipinski definition) is 5. The highest BCUT2D eigenvalue weighted by molar-refractivity contribution is 6.13. The smallest absolute Gasteiger partial charge is 0.219 e. The Morgan fingerprint density at radius 3 is 2.22 bits per heavy atom. The minimum absolute atomic E-state index is 0.0155. The molecule has 0 saturated carbocycles. The first-order chi connectivity index (χ1) is 23.9. The zero-order chi connectivity index (χ0) is 34.9. The molecule has 0 fully saturated rings. The molecule has 50 heavy (non-hydrogen) atoms. The summed E-state index contributed by atoms with van der Waals surface area (Å²) in [6.07, 6.45) is 0.843. The molecule has 1 N–H and O–H groups in total. The number of ether oxygens (including phenoxy) is 1. The van der Waals surface area contributed by atoms with Gasteiger partial charge in [-0.1, -0.05) is 87.0 Å². The summed E-state index contributed by atoms with van der Waals surface area (Å²) in [6.45, 7) is 15.1. The van der Waals surface area contributed by atoms with Crippen LogP contribution in [-0.4, -0.2) is 22.0 Å². The van der Waals surface area contributed by atoms with Crippen LogP contribution in [0.25, 0.3) is 22.0 Å². The zero-order valence-corrected chi connectivity index (χ0v) is 29.9. The fraction of sp³-hybridized carbons (Fsp3) is 0.244. The Balaban J connectivity index is 1.25. The van der Waals surface area contributed by atoms with Crippen molar-refractivity contribution in [3.8, 4) is 28.5 Å². The van der Waals surface area contributed by atoms with Crippen molar-refractivity contribution in [2.45, 2.75) is 72.4 Å². The standard InChI is InChI=1S/C45H43N3O2/c1-26-18-28(3)42(29(4)19-26)48-43-37-15-11-10-14-36(37)35-13-9-8-12-30(35)24-38(43)46-44(48)32-20-27(2)21-34(23-32)50-40-17-16-31-22-33(45(5,6)7)25-39(49)41(31)47-40/h8-23,25,38,43,49H,24H2,1-7H3/t38-,43+/m0/s1. The quantitative estimate of drug-likeness (QED) is 0.205. The monoisotopic (exact) mass is 657 g/mol. The van der Waals surface area contributed by atoms with Gasteiger partial charge in [0.2, 0.25) is 5.88 Å². The summed E-state index contributed by atoms with van der Waals surface area (Å²) in [5.74, 6) is 2.20. The van der Waals surface area contributed by atoms with E-state index in [-0.39, 0.29) is 23.2 Å². The van der Waals surface area contributed by atoms with Gasteiger partial charge in [-0.15, -0.1) is 0 Å². The van der Waals surface area contributed by atoms with E-state index < -0.39 is 0 Å². The van der Waals surface area contributed by atoms with Crippen molar-refractivity contribution in [3.63, 3.8) is 0 Å². The van der Waals surface area contributed by atoms with Gasteiger partial charge in [0.15, 0.2) is 0 Å². The average molecular weight is 658 g/mol. The summed E-state index contributed by atoms with van der Waals surface area (Å²) in [7, 11) is 0. The molecule has 8 rings (SSSR count). The largest absolute Gasteiger partial charge is 0.506 e. The van der Waals surface area contributed by atoms with Gasteiger partial charge in [0, 0.05) is 22.7 Å². The predicted molar refractivity (Wildman–Crippen MR) is 205 cm³/mol. The second-order valence-electron chi connectivity index (χ2n) is 15.1. The van der Waals surface area contributed by atoms with Gasteiger partial charge < -0.3 is 14.7 Å². The van der Waals surface area contributed by atoms with E-state index in [1.165, 1.54) is 44.6 Å². The number of amidine groups is 1. The molecule has 2 aliphatic rings. The van der Waals surface area contributed by atoms with Gasteiger partial charge >= 0.3 is 0 Å². The fourth-order valence-electron chi connectivity index (χ4n) is 8.04. The minimum atomic E-state index is -0.0899. The normalized spacial score (nSPS) is 16.8. The van der Waals surface area contributed by atoms with Crippen LogP contribution >= 0.6 is 0 Å². The first kappa shape index (κ1) is 31.8. The number of aromatic nitrogens is 1. The lowest BCUT2D eigenvalue weighted by atomic mass is 9.86. The van der Waals surface area contributed by atoms with Gasteiger partial charge in [0.05, 0.1) is 12.1 Å². The number of rotatable bonds is 4. The van der Waals surface area contributed by atoms with Crippen LogP contribution in [0.4, 0.5) is 5.69 Å². The Bertz CT molecular complexity index is 2330. The molecule has 5 nitrogen and oxygen atoms in total. The van der Waals surface area contributed by atoms with Crippen LogP contribution in [0.5, 0.6) is 17.4 Å². The van der Waals surface area contributed by atoms with Crippen molar-refractivity contribution in [1.82, 2.24) is 4.98 Å².